The summed E-state index contributed by atoms with van der Waals surface area (Å²) in [6.45, 7) is 6.63. The van der Waals surface area contributed by atoms with Gasteiger partial charge >= 0.3 is 0 Å². The maximum absolute atomic E-state index is 10.00. The molecule has 0 amide bonds. The van der Waals surface area contributed by atoms with E-state index in [-0.39, 0.29) is 6.10 Å². The van der Waals surface area contributed by atoms with Crippen LogP contribution in [0.2, 0.25) is 0 Å². The van der Waals surface area contributed by atoms with E-state index in [4.69, 9.17) is 15.0 Å². The largest absolute Gasteiger partial charge is 0.393 e. The zero-order chi connectivity index (χ0) is 22.7. The van der Waals surface area contributed by atoms with Crippen molar-refractivity contribution in [1.29, 1.82) is 0 Å². The van der Waals surface area contributed by atoms with Gasteiger partial charge in [-0.1, -0.05) is 13.3 Å². The SMILES string of the molecule is CCCC(C)Nc1ncc2c(N(C)C3CCN(C)CC3)ncc([C@H]3CC[C@H](O)CC3)c2n1. The Morgan fingerprint density at radius 3 is 2.53 bits per heavy atom. The van der Waals surface area contributed by atoms with Crippen molar-refractivity contribution in [3.05, 3.63) is 18.0 Å². The summed E-state index contributed by atoms with van der Waals surface area (Å²) in [4.78, 5) is 19.4. The predicted octanol–water partition coefficient (Wildman–Crippen LogP) is 4.17. The molecule has 1 aliphatic heterocycles. The molecule has 176 valence electrons. The normalized spacial score (nSPS) is 23.9. The Morgan fingerprint density at radius 2 is 1.84 bits per heavy atom. The number of hydrogen-bond acceptors (Lipinski definition) is 7. The lowest BCUT2D eigenvalue weighted by atomic mass is 9.82. The Bertz CT molecular complexity index is 889. The highest BCUT2D eigenvalue weighted by molar-refractivity contribution is 5.92. The van der Waals surface area contributed by atoms with E-state index in [0.29, 0.717) is 23.9 Å². The molecule has 0 radical (unpaired) electrons. The number of anilines is 2. The van der Waals surface area contributed by atoms with Crippen molar-refractivity contribution in [2.24, 2.45) is 0 Å². The van der Waals surface area contributed by atoms with E-state index >= 15 is 0 Å². The number of fused-ring (bicyclic) bond motifs is 1. The summed E-state index contributed by atoms with van der Waals surface area (Å²) in [5.41, 5.74) is 2.23. The van der Waals surface area contributed by atoms with Crippen LogP contribution in [0.3, 0.4) is 0 Å². The molecular weight excluding hydrogens is 400 g/mol. The fraction of sp³-hybridized carbons (Fsp3) is 0.720. The van der Waals surface area contributed by atoms with E-state index in [1.807, 2.05) is 6.20 Å². The predicted molar refractivity (Wildman–Crippen MR) is 131 cm³/mol. The Kier molecular flexibility index (Phi) is 7.46. The second-order valence-corrected chi connectivity index (χ2v) is 9.98. The molecule has 0 spiro atoms. The summed E-state index contributed by atoms with van der Waals surface area (Å²) < 4.78 is 0. The first-order chi connectivity index (χ1) is 15.5. The van der Waals surface area contributed by atoms with Crippen molar-refractivity contribution in [2.45, 2.75) is 89.3 Å². The third kappa shape index (κ3) is 5.15. The number of likely N-dealkylation sites (tertiary alicyclic amines) is 1. The summed E-state index contributed by atoms with van der Waals surface area (Å²) >= 11 is 0. The van der Waals surface area contributed by atoms with E-state index in [0.717, 1.165) is 81.2 Å². The smallest absolute Gasteiger partial charge is 0.223 e. The molecule has 0 bridgehead atoms. The molecule has 2 aromatic heterocycles. The van der Waals surface area contributed by atoms with Gasteiger partial charge in [-0.3, -0.25) is 0 Å². The number of piperidine rings is 1. The van der Waals surface area contributed by atoms with Gasteiger partial charge in [0.25, 0.3) is 0 Å². The van der Waals surface area contributed by atoms with Gasteiger partial charge in [-0.2, -0.15) is 0 Å². The van der Waals surface area contributed by atoms with Gasteiger partial charge in [0, 0.05) is 37.1 Å². The van der Waals surface area contributed by atoms with Gasteiger partial charge in [0.1, 0.15) is 5.82 Å². The topological polar surface area (TPSA) is 77.4 Å². The number of rotatable bonds is 7. The molecule has 3 heterocycles. The molecule has 1 saturated heterocycles. The Hall–Kier alpha value is -1.99. The van der Waals surface area contributed by atoms with Crippen LogP contribution in [0.4, 0.5) is 11.8 Å². The van der Waals surface area contributed by atoms with Crippen molar-refractivity contribution in [2.75, 3.05) is 37.4 Å². The van der Waals surface area contributed by atoms with E-state index in [2.05, 4.69) is 49.3 Å². The van der Waals surface area contributed by atoms with Gasteiger partial charge in [0.2, 0.25) is 5.95 Å². The number of hydrogen-bond donors (Lipinski definition) is 2. The van der Waals surface area contributed by atoms with E-state index < -0.39 is 0 Å². The number of pyridine rings is 1. The van der Waals surface area contributed by atoms with Crippen molar-refractivity contribution < 1.29 is 5.11 Å². The molecule has 0 aromatic carbocycles. The molecule has 7 nitrogen and oxygen atoms in total. The first-order valence-electron chi connectivity index (χ1n) is 12.5. The molecule has 2 fully saturated rings. The summed E-state index contributed by atoms with van der Waals surface area (Å²) in [5.74, 6) is 2.09. The van der Waals surface area contributed by atoms with Gasteiger partial charge < -0.3 is 20.2 Å². The Morgan fingerprint density at radius 1 is 1.12 bits per heavy atom. The van der Waals surface area contributed by atoms with Crippen LogP contribution >= 0.6 is 0 Å². The first-order valence-corrected chi connectivity index (χ1v) is 12.5. The summed E-state index contributed by atoms with van der Waals surface area (Å²) in [5, 5.41) is 14.5. The number of nitrogens with zero attached hydrogens (tertiary/aromatic N) is 5. The molecule has 7 heteroatoms. The van der Waals surface area contributed by atoms with Crippen LogP contribution in [0.1, 0.15) is 76.7 Å². The summed E-state index contributed by atoms with van der Waals surface area (Å²) in [6, 6.07) is 0.828. The Labute approximate surface area is 192 Å². The Balaban J connectivity index is 1.69. The van der Waals surface area contributed by atoms with Crippen LogP contribution in [0.5, 0.6) is 0 Å². The first kappa shape index (κ1) is 23.2. The average molecular weight is 441 g/mol. The lowest BCUT2D eigenvalue weighted by molar-refractivity contribution is 0.122. The van der Waals surface area contributed by atoms with Crippen LogP contribution in [0, 0.1) is 0 Å². The molecule has 1 unspecified atom stereocenters. The minimum atomic E-state index is -0.165. The highest BCUT2D eigenvalue weighted by Crippen LogP contribution is 2.38. The average Bonchev–Trinajstić information content (AvgIpc) is 2.79. The van der Waals surface area contributed by atoms with Gasteiger partial charge in [-0.05, 0) is 77.9 Å². The lowest BCUT2D eigenvalue weighted by Crippen LogP contribution is -2.42. The van der Waals surface area contributed by atoms with Crippen molar-refractivity contribution in [1.82, 2.24) is 19.9 Å². The second-order valence-electron chi connectivity index (χ2n) is 9.98. The standard InChI is InChI=1S/C25H40N6O/c1-5-6-17(2)28-25-27-16-22-23(29-25)21(18-7-9-20(32)10-8-18)15-26-24(22)31(4)19-11-13-30(3)14-12-19/h15-20,32H,5-14H2,1-4H3,(H,27,28,29)/t17?,18-,20-. The van der Waals surface area contributed by atoms with Crippen LogP contribution in [-0.4, -0.2) is 70.3 Å². The van der Waals surface area contributed by atoms with Crippen LogP contribution in [-0.2, 0) is 0 Å². The van der Waals surface area contributed by atoms with E-state index in [1.165, 1.54) is 5.56 Å². The quantitative estimate of drug-likeness (QED) is 0.669. The van der Waals surface area contributed by atoms with Crippen LogP contribution < -0.4 is 10.2 Å². The molecule has 32 heavy (non-hydrogen) atoms. The van der Waals surface area contributed by atoms with Crippen molar-refractivity contribution in [3.63, 3.8) is 0 Å². The fourth-order valence-electron chi connectivity index (χ4n) is 5.34. The fourth-order valence-corrected chi connectivity index (χ4v) is 5.34. The van der Waals surface area contributed by atoms with Gasteiger partial charge in [0.05, 0.1) is 17.0 Å². The third-order valence-electron chi connectivity index (χ3n) is 7.43. The van der Waals surface area contributed by atoms with Gasteiger partial charge in [0.15, 0.2) is 0 Å². The molecular formula is C25H40N6O. The number of aliphatic hydroxyl groups excluding tert-OH is 1. The summed E-state index contributed by atoms with van der Waals surface area (Å²) in [7, 11) is 4.37. The third-order valence-corrected chi connectivity index (χ3v) is 7.43. The summed E-state index contributed by atoms with van der Waals surface area (Å²) in [6.07, 6.45) is 12.1. The molecule has 2 N–H and O–H groups in total. The monoisotopic (exact) mass is 440 g/mol. The zero-order valence-corrected chi connectivity index (χ0v) is 20.2. The van der Waals surface area contributed by atoms with E-state index in [1.54, 1.807) is 0 Å². The van der Waals surface area contributed by atoms with Crippen molar-refractivity contribution >= 4 is 22.7 Å². The zero-order valence-electron chi connectivity index (χ0n) is 20.2. The molecule has 1 atom stereocenters. The van der Waals surface area contributed by atoms with Gasteiger partial charge in [-0.25, -0.2) is 15.0 Å². The lowest BCUT2D eigenvalue weighted by Gasteiger charge is -2.36. The molecule has 2 aliphatic rings. The number of aromatic nitrogens is 3. The molecule has 2 aromatic rings. The second kappa shape index (κ2) is 10.3. The van der Waals surface area contributed by atoms with Crippen LogP contribution in [0.15, 0.2) is 12.4 Å². The van der Waals surface area contributed by atoms with Crippen LogP contribution in [0.25, 0.3) is 10.9 Å². The molecule has 1 aliphatic carbocycles. The molecule has 1 saturated carbocycles. The number of aliphatic hydroxyl groups is 1. The van der Waals surface area contributed by atoms with E-state index in [9.17, 15) is 5.11 Å². The maximum Gasteiger partial charge on any atom is 0.223 e. The molecule has 4 rings (SSSR count). The maximum atomic E-state index is 10.00. The van der Waals surface area contributed by atoms with Crippen molar-refractivity contribution in [3.8, 4) is 0 Å². The highest BCUT2D eigenvalue weighted by atomic mass is 16.3. The van der Waals surface area contributed by atoms with Gasteiger partial charge in [-0.15, -0.1) is 0 Å². The highest BCUT2D eigenvalue weighted by Gasteiger charge is 2.27. The minimum absolute atomic E-state index is 0.165. The number of nitrogens with one attached hydrogen (secondary N) is 1. The minimum Gasteiger partial charge on any atom is -0.393 e.